The van der Waals surface area contributed by atoms with Crippen molar-refractivity contribution in [1.29, 1.82) is 0 Å². The van der Waals surface area contributed by atoms with Gasteiger partial charge in [-0.15, -0.1) is 32.8 Å². The van der Waals surface area contributed by atoms with E-state index in [4.69, 9.17) is 4.74 Å². The Hall–Kier alpha value is -0.943. The number of hydrogen-bond donors (Lipinski definition) is 1. The molecule has 0 spiro atoms. The van der Waals surface area contributed by atoms with E-state index in [2.05, 4.69) is 30.6 Å². The van der Waals surface area contributed by atoms with Gasteiger partial charge in [0.25, 0.3) is 0 Å². The molecular weight excluding hydrogens is 274 g/mol. The van der Waals surface area contributed by atoms with Gasteiger partial charge in [0.05, 0.1) is 18.4 Å². The standard InChI is InChI=1S/C14H21NO2SSi/c1-17-14(16)12-5-4-11(18)10-13(12)15-6-8-19(2,3)9-7-15/h4-5,10,18H,6-9H2,1-3H3/q-1. The van der Waals surface area contributed by atoms with Crippen molar-refractivity contribution in [2.75, 3.05) is 25.1 Å². The molecule has 0 aliphatic carbocycles. The van der Waals surface area contributed by atoms with Crippen molar-refractivity contribution in [1.82, 2.24) is 0 Å². The molecule has 0 unspecified atom stereocenters. The van der Waals surface area contributed by atoms with E-state index in [1.54, 1.807) is 6.07 Å². The van der Waals surface area contributed by atoms with Crippen molar-refractivity contribution in [2.45, 2.75) is 30.1 Å². The molecule has 105 valence electrons. The number of benzene rings is 1. The summed E-state index contributed by atoms with van der Waals surface area (Å²) in [7, 11) is 0.415. The number of rotatable bonds is 2. The zero-order chi connectivity index (χ0) is 14.0. The van der Waals surface area contributed by atoms with E-state index in [9.17, 15) is 4.79 Å². The van der Waals surface area contributed by atoms with Crippen LogP contribution in [0.4, 0.5) is 5.69 Å². The molecular formula is C14H21NO2SSi-. The minimum Gasteiger partial charge on any atom is -0.465 e. The van der Waals surface area contributed by atoms with Gasteiger partial charge in [-0.1, -0.05) is 0 Å². The normalized spacial score (nSPS) is 18.2. The van der Waals surface area contributed by atoms with Crippen molar-refractivity contribution >= 4 is 32.4 Å². The van der Waals surface area contributed by atoms with Crippen molar-refractivity contribution in [3.63, 3.8) is 0 Å². The minimum absolute atomic E-state index is 0.273. The van der Waals surface area contributed by atoms with Gasteiger partial charge in [0.2, 0.25) is 0 Å². The number of nitrogens with zero attached hydrogens (tertiary/aromatic N) is 1. The summed E-state index contributed by atoms with van der Waals surface area (Å²) in [4.78, 5) is 15.0. The third-order valence-corrected chi connectivity index (χ3v) is 7.28. The summed E-state index contributed by atoms with van der Waals surface area (Å²) in [6.07, 6.45) is 0. The molecule has 1 aromatic carbocycles. The first kappa shape index (κ1) is 14.5. The highest BCUT2D eigenvalue weighted by atomic mass is 32.1. The van der Waals surface area contributed by atoms with Gasteiger partial charge in [0, 0.05) is 4.90 Å². The van der Waals surface area contributed by atoms with Crippen molar-refractivity contribution < 1.29 is 9.53 Å². The van der Waals surface area contributed by atoms with Crippen LogP contribution in [0.2, 0.25) is 25.2 Å². The van der Waals surface area contributed by atoms with E-state index in [0.29, 0.717) is 5.56 Å². The van der Waals surface area contributed by atoms with Crippen LogP contribution in [-0.4, -0.2) is 34.2 Å². The van der Waals surface area contributed by atoms with E-state index in [1.807, 2.05) is 12.1 Å². The van der Waals surface area contributed by atoms with Gasteiger partial charge >= 0.3 is 5.97 Å². The Morgan fingerprint density at radius 3 is 2.53 bits per heavy atom. The van der Waals surface area contributed by atoms with E-state index in [0.717, 1.165) is 23.7 Å². The lowest BCUT2D eigenvalue weighted by molar-refractivity contribution is 0.0601. The summed E-state index contributed by atoms with van der Waals surface area (Å²) in [6.45, 7) is 6.92. The van der Waals surface area contributed by atoms with Crippen LogP contribution in [-0.2, 0) is 4.74 Å². The molecule has 0 amide bonds. The van der Waals surface area contributed by atoms with Gasteiger partial charge in [-0.25, -0.2) is 4.79 Å². The maximum absolute atomic E-state index is 11.9. The Morgan fingerprint density at radius 1 is 1.32 bits per heavy atom. The summed E-state index contributed by atoms with van der Waals surface area (Å²) in [5, 5.41) is 0. The molecule has 0 bridgehead atoms. The number of anilines is 1. The maximum Gasteiger partial charge on any atom is 0.339 e. The third kappa shape index (κ3) is 3.33. The van der Waals surface area contributed by atoms with E-state index < -0.39 is 8.07 Å². The predicted molar refractivity (Wildman–Crippen MR) is 84.3 cm³/mol. The number of hydrogen-bond acceptors (Lipinski definition) is 4. The van der Waals surface area contributed by atoms with Crippen molar-refractivity contribution in [3.8, 4) is 0 Å². The van der Waals surface area contributed by atoms with Crippen molar-refractivity contribution in [3.05, 3.63) is 23.8 Å². The zero-order valence-corrected chi connectivity index (χ0v) is 13.7. The second-order valence-corrected chi connectivity index (χ2v) is 11.7. The fourth-order valence-corrected chi connectivity index (χ4v) is 4.61. The first-order valence-corrected chi connectivity index (χ1v) is 10.5. The molecule has 2 rings (SSSR count). The van der Waals surface area contributed by atoms with Gasteiger partial charge in [0.1, 0.15) is 0 Å². The van der Waals surface area contributed by atoms with Gasteiger partial charge in [-0.05, 0) is 31.3 Å². The summed E-state index contributed by atoms with van der Waals surface area (Å²) >= 11 is 4.38. The molecule has 1 aliphatic rings. The fraction of sp³-hybridized carbons (Fsp3) is 0.500. The van der Waals surface area contributed by atoms with Crippen molar-refractivity contribution in [2.24, 2.45) is 0 Å². The number of esters is 1. The van der Waals surface area contributed by atoms with Crippen LogP contribution in [0.3, 0.4) is 0 Å². The third-order valence-electron chi connectivity index (χ3n) is 3.84. The van der Waals surface area contributed by atoms with Crippen LogP contribution in [0.25, 0.3) is 0 Å². The SMILES string of the molecule is COC(=O)c1ccc(S)cc1N1CC[Si-](C)(C)CC1. The number of ether oxygens (including phenoxy) is 1. The average molecular weight is 295 g/mol. The molecule has 1 aromatic rings. The first-order valence-electron chi connectivity index (χ1n) is 6.59. The molecule has 0 atom stereocenters. The van der Waals surface area contributed by atoms with Gasteiger partial charge in [0.15, 0.2) is 0 Å². The lowest BCUT2D eigenvalue weighted by atomic mass is 10.1. The largest absolute Gasteiger partial charge is 0.465 e. The molecule has 0 aromatic heterocycles. The summed E-state index contributed by atoms with van der Waals surface area (Å²) in [5.41, 5.74) is 1.60. The Bertz CT molecular complexity index is 480. The van der Waals surface area contributed by atoms with Gasteiger partial charge in [-0.3, -0.25) is 0 Å². The number of carbonyl (C=O) groups excluding carboxylic acids is 1. The second kappa shape index (κ2) is 5.59. The van der Waals surface area contributed by atoms with Crippen LogP contribution in [0.15, 0.2) is 23.1 Å². The highest BCUT2D eigenvalue weighted by Crippen LogP contribution is 2.30. The smallest absolute Gasteiger partial charge is 0.339 e. The van der Waals surface area contributed by atoms with Crippen LogP contribution in [0.1, 0.15) is 10.4 Å². The first-order chi connectivity index (χ1) is 8.93. The summed E-state index contributed by atoms with van der Waals surface area (Å²) in [6, 6.07) is 8.15. The van der Waals surface area contributed by atoms with E-state index >= 15 is 0 Å². The fourth-order valence-electron chi connectivity index (χ4n) is 2.42. The topological polar surface area (TPSA) is 29.5 Å². The Labute approximate surface area is 121 Å². The molecule has 3 nitrogen and oxygen atoms in total. The molecule has 1 fully saturated rings. The number of thiol groups is 1. The molecule has 0 radical (unpaired) electrons. The van der Waals surface area contributed by atoms with Crippen LogP contribution >= 0.6 is 12.6 Å². The number of methoxy groups -OCH3 is 1. The molecule has 0 N–H and O–H groups in total. The van der Waals surface area contributed by atoms with Crippen LogP contribution in [0.5, 0.6) is 0 Å². The molecule has 1 aliphatic heterocycles. The monoisotopic (exact) mass is 295 g/mol. The molecule has 1 heterocycles. The summed E-state index contributed by atoms with van der Waals surface area (Å²) < 4.78 is 4.87. The lowest BCUT2D eigenvalue weighted by Gasteiger charge is -2.45. The molecule has 1 saturated heterocycles. The lowest BCUT2D eigenvalue weighted by Crippen LogP contribution is -2.43. The Kier molecular flexibility index (Phi) is 4.25. The predicted octanol–water partition coefficient (Wildman–Crippen LogP) is 3.29. The molecule has 0 saturated carbocycles. The van der Waals surface area contributed by atoms with Crippen LogP contribution < -0.4 is 4.90 Å². The van der Waals surface area contributed by atoms with Crippen LogP contribution in [0, 0.1) is 0 Å². The highest BCUT2D eigenvalue weighted by molar-refractivity contribution is 7.80. The number of carbonyl (C=O) groups is 1. The van der Waals surface area contributed by atoms with Gasteiger partial charge in [-0.2, -0.15) is 13.1 Å². The Balaban J connectivity index is 2.28. The van der Waals surface area contributed by atoms with E-state index in [1.165, 1.54) is 19.2 Å². The molecule has 19 heavy (non-hydrogen) atoms. The quantitative estimate of drug-likeness (QED) is 0.516. The van der Waals surface area contributed by atoms with E-state index in [-0.39, 0.29) is 5.97 Å². The second-order valence-electron chi connectivity index (χ2n) is 5.84. The zero-order valence-electron chi connectivity index (χ0n) is 11.8. The minimum atomic E-state index is -1.01. The molecule has 5 heteroatoms. The summed E-state index contributed by atoms with van der Waals surface area (Å²) in [5.74, 6) is -0.273. The maximum atomic E-state index is 11.9. The Morgan fingerprint density at radius 2 is 1.95 bits per heavy atom. The highest BCUT2D eigenvalue weighted by Gasteiger charge is 2.22. The van der Waals surface area contributed by atoms with Gasteiger partial charge < -0.3 is 9.64 Å². The average Bonchev–Trinajstić information content (AvgIpc) is 2.38.